The van der Waals surface area contributed by atoms with Crippen LogP contribution in [0.3, 0.4) is 0 Å². The Bertz CT molecular complexity index is 142. The van der Waals surface area contributed by atoms with Crippen molar-refractivity contribution in [2.75, 3.05) is 0 Å². The summed E-state index contributed by atoms with van der Waals surface area (Å²) in [5.74, 6) is 0. The number of halogens is 1. The molecule has 0 aromatic heterocycles. The second-order valence-electron chi connectivity index (χ2n) is 3.04. The van der Waals surface area contributed by atoms with Gasteiger partial charge in [-0.2, -0.15) is 0 Å². The lowest BCUT2D eigenvalue weighted by atomic mass is 10.2. The maximum absolute atomic E-state index is 10.1. The normalized spacial score (nSPS) is 29.4. The van der Waals surface area contributed by atoms with Gasteiger partial charge in [0.1, 0.15) is 6.10 Å². The van der Waals surface area contributed by atoms with Crippen LogP contribution in [0, 0.1) is 5.41 Å². The van der Waals surface area contributed by atoms with Crippen LogP contribution in [0.5, 0.6) is 0 Å². The van der Waals surface area contributed by atoms with Crippen LogP contribution in [-0.2, 0) is 4.74 Å². The second kappa shape index (κ2) is 1.87. The Morgan fingerprint density at radius 1 is 1.78 bits per heavy atom. The second-order valence-corrected chi connectivity index (χ2v) is 3.35. The number of hydrogen-bond donors (Lipinski definition) is 0. The molecule has 1 rings (SSSR count). The van der Waals surface area contributed by atoms with Gasteiger partial charge in [0.15, 0.2) is 0 Å². The summed E-state index contributed by atoms with van der Waals surface area (Å²) < 4.78 is 4.70. The van der Waals surface area contributed by atoms with Crippen LogP contribution in [0.4, 0.5) is 4.79 Å². The minimum absolute atomic E-state index is 0.0579. The lowest BCUT2D eigenvalue weighted by molar-refractivity contribution is 0.151. The molecule has 0 spiro atoms. The number of carbonyl (C=O) groups excluding carboxylic acids is 1. The van der Waals surface area contributed by atoms with Crippen molar-refractivity contribution in [2.24, 2.45) is 5.41 Å². The van der Waals surface area contributed by atoms with Gasteiger partial charge in [-0.3, -0.25) is 0 Å². The van der Waals surface area contributed by atoms with Gasteiger partial charge in [-0.1, -0.05) is 13.8 Å². The molecule has 1 atom stereocenters. The molecule has 0 radical (unpaired) electrons. The zero-order chi connectivity index (χ0) is 7.07. The summed E-state index contributed by atoms with van der Waals surface area (Å²) in [5.41, 5.74) is -0.518. The number of ether oxygens (including phenoxy) is 1. The van der Waals surface area contributed by atoms with Crippen molar-refractivity contribution in [3.63, 3.8) is 0 Å². The van der Waals surface area contributed by atoms with E-state index in [4.69, 9.17) is 16.3 Å². The lowest BCUT2D eigenvalue weighted by Gasteiger charge is -2.00. The highest BCUT2D eigenvalue weighted by Crippen LogP contribution is 2.47. The highest BCUT2D eigenvalue weighted by molar-refractivity contribution is 6.61. The van der Waals surface area contributed by atoms with Gasteiger partial charge < -0.3 is 4.74 Å². The van der Waals surface area contributed by atoms with Crippen LogP contribution in [0.25, 0.3) is 0 Å². The van der Waals surface area contributed by atoms with Crippen LogP contribution in [0.2, 0.25) is 0 Å². The average Bonchev–Trinajstić information content (AvgIpc) is 2.10. The highest BCUT2D eigenvalue weighted by Gasteiger charge is 2.48. The Morgan fingerprint density at radius 3 is 2.33 bits per heavy atom. The van der Waals surface area contributed by atoms with Crippen LogP contribution < -0.4 is 0 Å². The van der Waals surface area contributed by atoms with E-state index in [0.717, 1.165) is 6.42 Å². The predicted molar refractivity (Wildman–Crippen MR) is 34.5 cm³/mol. The van der Waals surface area contributed by atoms with E-state index in [1.54, 1.807) is 0 Å². The van der Waals surface area contributed by atoms with Crippen molar-refractivity contribution >= 4 is 17.0 Å². The van der Waals surface area contributed by atoms with Gasteiger partial charge in [-0.25, -0.2) is 4.79 Å². The van der Waals surface area contributed by atoms with Crippen molar-refractivity contribution in [2.45, 2.75) is 26.4 Å². The summed E-state index contributed by atoms with van der Waals surface area (Å²) >= 11 is 4.98. The molecular formula is C6H9ClO2. The first-order valence-electron chi connectivity index (χ1n) is 2.88. The molecule has 2 nitrogen and oxygen atoms in total. The van der Waals surface area contributed by atoms with Crippen molar-refractivity contribution in [1.29, 1.82) is 0 Å². The monoisotopic (exact) mass is 148 g/mol. The largest absolute Gasteiger partial charge is 0.450 e. The molecule has 0 heterocycles. The molecule has 9 heavy (non-hydrogen) atoms. The van der Waals surface area contributed by atoms with Crippen molar-refractivity contribution in [3.05, 3.63) is 0 Å². The van der Waals surface area contributed by atoms with E-state index in [1.807, 2.05) is 13.8 Å². The molecule has 52 valence electrons. The van der Waals surface area contributed by atoms with Crippen LogP contribution >= 0.6 is 11.6 Å². The third-order valence-electron chi connectivity index (χ3n) is 1.66. The zero-order valence-electron chi connectivity index (χ0n) is 5.48. The topological polar surface area (TPSA) is 26.3 Å². The molecule has 0 N–H and O–H groups in total. The van der Waals surface area contributed by atoms with Crippen LogP contribution in [0.1, 0.15) is 20.3 Å². The van der Waals surface area contributed by atoms with E-state index in [1.165, 1.54) is 0 Å². The van der Waals surface area contributed by atoms with E-state index in [2.05, 4.69) is 0 Å². The molecule has 1 fully saturated rings. The van der Waals surface area contributed by atoms with Crippen LogP contribution in [0.15, 0.2) is 0 Å². The minimum Gasteiger partial charge on any atom is -0.450 e. The quantitative estimate of drug-likeness (QED) is 0.533. The fourth-order valence-electron chi connectivity index (χ4n) is 0.732. The van der Waals surface area contributed by atoms with E-state index >= 15 is 0 Å². The van der Waals surface area contributed by atoms with Gasteiger partial charge in [0.25, 0.3) is 0 Å². The molecule has 0 bridgehead atoms. The molecule has 1 saturated carbocycles. The molecule has 0 aromatic rings. The Hall–Kier alpha value is -0.240. The number of rotatable bonds is 1. The molecule has 1 aliphatic rings. The Kier molecular flexibility index (Phi) is 1.43. The summed E-state index contributed by atoms with van der Waals surface area (Å²) in [5, 5.41) is 0. The third-order valence-corrected chi connectivity index (χ3v) is 1.75. The summed E-state index contributed by atoms with van der Waals surface area (Å²) in [6, 6.07) is 0. The van der Waals surface area contributed by atoms with Crippen molar-refractivity contribution in [3.8, 4) is 0 Å². The molecule has 3 heteroatoms. The smallest absolute Gasteiger partial charge is 0.404 e. The minimum atomic E-state index is -0.689. The summed E-state index contributed by atoms with van der Waals surface area (Å²) in [4.78, 5) is 10.1. The van der Waals surface area contributed by atoms with E-state index in [9.17, 15) is 4.79 Å². The number of hydrogen-bond acceptors (Lipinski definition) is 2. The molecule has 0 aromatic carbocycles. The third kappa shape index (κ3) is 1.58. The SMILES string of the molecule is CC1(C)CC1OC(=O)Cl. The fraction of sp³-hybridized carbons (Fsp3) is 0.833. The maximum Gasteiger partial charge on any atom is 0.404 e. The Morgan fingerprint density at radius 2 is 2.22 bits per heavy atom. The van der Waals surface area contributed by atoms with Gasteiger partial charge in [-0.05, 0) is 6.42 Å². The first-order chi connectivity index (χ1) is 4.02. The Balaban J connectivity index is 2.28. The average molecular weight is 149 g/mol. The van der Waals surface area contributed by atoms with Gasteiger partial charge >= 0.3 is 5.43 Å². The van der Waals surface area contributed by atoms with Gasteiger partial charge in [0.2, 0.25) is 0 Å². The summed E-state index contributed by atoms with van der Waals surface area (Å²) in [7, 11) is 0. The predicted octanol–water partition coefficient (Wildman–Crippen LogP) is 2.16. The van der Waals surface area contributed by atoms with Gasteiger partial charge in [0.05, 0.1) is 0 Å². The van der Waals surface area contributed by atoms with E-state index in [0.29, 0.717) is 0 Å². The molecule has 0 aliphatic heterocycles. The number of carbonyl (C=O) groups is 1. The summed E-state index contributed by atoms with van der Waals surface area (Å²) in [6.07, 6.45) is 0.994. The molecule has 0 amide bonds. The van der Waals surface area contributed by atoms with Crippen molar-refractivity contribution in [1.82, 2.24) is 0 Å². The molecule has 1 unspecified atom stereocenters. The highest BCUT2D eigenvalue weighted by atomic mass is 35.5. The standard InChI is InChI=1S/C6H9ClO2/c1-6(2)3-4(6)9-5(7)8/h4H,3H2,1-2H3. The molecule has 0 saturated heterocycles. The fourth-order valence-corrected chi connectivity index (χ4v) is 0.839. The van der Waals surface area contributed by atoms with Gasteiger partial charge in [0, 0.05) is 17.0 Å². The summed E-state index contributed by atoms with van der Waals surface area (Å²) in [6.45, 7) is 4.08. The van der Waals surface area contributed by atoms with Gasteiger partial charge in [-0.15, -0.1) is 0 Å². The lowest BCUT2D eigenvalue weighted by Crippen LogP contribution is -2.02. The van der Waals surface area contributed by atoms with Crippen LogP contribution in [-0.4, -0.2) is 11.5 Å². The van der Waals surface area contributed by atoms with Crippen molar-refractivity contribution < 1.29 is 9.53 Å². The Labute approximate surface area is 59.1 Å². The maximum atomic E-state index is 10.1. The first kappa shape index (κ1) is 6.87. The van der Waals surface area contributed by atoms with E-state index in [-0.39, 0.29) is 11.5 Å². The zero-order valence-corrected chi connectivity index (χ0v) is 6.23. The molecular weight excluding hydrogens is 140 g/mol. The van der Waals surface area contributed by atoms with E-state index < -0.39 is 5.43 Å². The first-order valence-corrected chi connectivity index (χ1v) is 3.26. The molecule has 1 aliphatic carbocycles.